The van der Waals surface area contributed by atoms with E-state index in [1.807, 2.05) is 4.92 Å². The van der Waals surface area contributed by atoms with Crippen molar-refractivity contribution < 1.29 is 0 Å². The Morgan fingerprint density at radius 1 is 0.950 bits per heavy atom. The molecule has 1 aliphatic rings. The van der Waals surface area contributed by atoms with Gasteiger partial charge in [0.2, 0.25) is 0 Å². The zero-order chi connectivity index (χ0) is 16.4. The molecule has 0 saturated carbocycles. The third-order valence-corrected chi connectivity index (χ3v) is 33.5. The Bertz CT molecular complexity index is 511. The molecular weight excluding hydrogens is 310 g/mol. The molecule has 0 radical (unpaired) electrons. The molecule has 0 aliphatic carbocycles. The first-order chi connectivity index (χ1) is 8.44. The Kier molecular flexibility index (Phi) is 4.79. The molecule has 0 nitrogen and oxygen atoms in total. The second-order valence-electron chi connectivity index (χ2n) is 10.3. The van der Waals surface area contributed by atoms with E-state index in [1.54, 1.807) is 5.79 Å². The van der Waals surface area contributed by atoms with Crippen LogP contribution in [0.2, 0.25) is 26.2 Å². The van der Waals surface area contributed by atoms with Gasteiger partial charge in [0.15, 0.2) is 0 Å². The summed E-state index contributed by atoms with van der Waals surface area (Å²) in [6.07, 6.45) is 0. The highest BCUT2D eigenvalue weighted by Crippen LogP contribution is 2.57. The zero-order valence-corrected chi connectivity index (χ0v) is 19.9. The van der Waals surface area contributed by atoms with Crippen LogP contribution in [0.15, 0.2) is 0 Å². The van der Waals surface area contributed by atoms with Crippen LogP contribution in [0.25, 0.3) is 0 Å². The van der Waals surface area contributed by atoms with Crippen molar-refractivity contribution >= 4 is 39.4 Å². The maximum atomic E-state index is 2.70. The molecule has 0 aromatic heterocycles. The minimum Gasteiger partial charge on any atom is -0.122 e. The lowest BCUT2D eigenvalue weighted by molar-refractivity contribution is 0.606. The van der Waals surface area contributed by atoms with Gasteiger partial charge in [-0.1, -0.05) is 56.4 Å². The van der Waals surface area contributed by atoms with Crippen LogP contribution < -0.4 is 0 Å². The Labute approximate surface area is 131 Å². The molecule has 120 valence electrons. The van der Waals surface area contributed by atoms with E-state index in [-0.39, 0.29) is 0 Å². The van der Waals surface area contributed by atoms with Crippen LogP contribution >= 0.6 is 13.8 Å². The van der Waals surface area contributed by atoms with E-state index in [0.717, 1.165) is 0 Å². The summed E-state index contributed by atoms with van der Waals surface area (Å²) in [4.78, 5) is 2.04. The van der Waals surface area contributed by atoms with Crippen molar-refractivity contribution in [3.8, 4) is 0 Å². The molecule has 0 N–H and O–H groups in total. The lowest BCUT2D eigenvalue weighted by Gasteiger charge is -2.54. The summed E-state index contributed by atoms with van der Waals surface area (Å²) in [6, 6.07) is 0. The molecule has 1 heterocycles. The van der Waals surface area contributed by atoms with Crippen LogP contribution in [-0.2, 0) is 0 Å². The monoisotopic (exact) mass is 348 g/mol. The van der Waals surface area contributed by atoms with Crippen molar-refractivity contribution in [1.82, 2.24) is 0 Å². The van der Waals surface area contributed by atoms with Gasteiger partial charge in [-0.2, -0.15) is 0 Å². The highest BCUT2D eigenvalue weighted by atomic mass is 31.2. The SMILES string of the molecule is CC(C)(C)C1=P(C)(C)C[Si](C)(C)C(=P(C)(C)C)[Si]1(C)C. The van der Waals surface area contributed by atoms with Gasteiger partial charge >= 0.3 is 0 Å². The molecular formula is C16H38P2Si2. The van der Waals surface area contributed by atoms with E-state index in [2.05, 4.69) is 84.8 Å². The molecule has 4 heteroatoms. The largest absolute Gasteiger partial charge is 0.122 e. The predicted molar refractivity (Wildman–Crippen MR) is 113 cm³/mol. The molecule has 0 atom stereocenters. The van der Waals surface area contributed by atoms with Gasteiger partial charge in [0, 0.05) is 0 Å². The quantitative estimate of drug-likeness (QED) is 0.419. The molecule has 0 saturated heterocycles. The first-order valence-electron chi connectivity index (χ1n) is 7.85. The number of rotatable bonds is 0. The molecule has 0 aromatic carbocycles. The van der Waals surface area contributed by atoms with Crippen molar-refractivity contribution in [3.63, 3.8) is 0 Å². The first-order valence-corrected chi connectivity index (χ1v) is 20.1. The Balaban J connectivity index is 3.92. The van der Waals surface area contributed by atoms with Crippen molar-refractivity contribution in [1.29, 1.82) is 0 Å². The second kappa shape index (κ2) is 5.02. The van der Waals surface area contributed by atoms with E-state index in [4.69, 9.17) is 0 Å². The summed E-state index contributed by atoms with van der Waals surface area (Å²) in [7, 11) is -2.59. The zero-order valence-electron chi connectivity index (χ0n) is 16.1. The molecule has 0 unspecified atom stereocenters. The normalized spacial score (nSPS) is 25.8. The lowest BCUT2D eigenvalue weighted by Crippen LogP contribution is -2.66. The topological polar surface area (TPSA) is 0 Å². The summed E-state index contributed by atoms with van der Waals surface area (Å²) in [5, 5.41) is 0. The van der Waals surface area contributed by atoms with Gasteiger partial charge in [-0.05, 0) is 44.5 Å². The van der Waals surface area contributed by atoms with Gasteiger partial charge in [-0.25, -0.2) is 0 Å². The fourth-order valence-corrected chi connectivity index (χ4v) is 50.0. The summed E-state index contributed by atoms with van der Waals surface area (Å²) < 4.78 is 2.14. The van der Waals surface area contributed by atoms with E-state index in [1.165, 1.54) is 0 Å². The summed E-state index contributed by atoms with van der Waals surface area (Å²) >= 11 is 0. The lowest BCUT2D eigenvalue weighted by atomic mass is 10.0. The van der Waals surface area contributed by atoms with Crippen LogP contribution in [0.3, 0.4) is 0 Å². The average Bonchev–Trinajstić information content (AvgIpc) is 1.85. The summed E-state index contributed by atoms with van der Waals surface area (Å²) in [5.74, 6) is 1.57. The molecule has 1 aliphatic heterocycles. The van der Waals surface area contributed by atoms with Crippen LogP contribution in [0.4, 0.5) is 0 Å². The van der Waals surface area contributed by atoms with E-state index in [9.17, 15) is 0 Å². The van der Waals surface area contributed by atoms with Gasteiger partial charge in [-0.3, -0.25) is 0 Å². The molecule has 0 bridgehead atoms. The third-order valence-electron chi connectivity index (χ3n) is 4.60. The standard InChI is InChI=1S/C16H38P2Si2/c1-16(2,3)14-18(7,8)13-19(9,10)15(17(4,5)6)20(14,11)12/h13H2,1-12H3. The fraction of sp³-hybridized carbons (Fsp3) is 0.875. The minimum absolute atomic E-state index is 0.401. The predicted octanol–water partition coefficient (Wildman–Crippen LogP) is 5.15. The van der Waals surface area contributed by atoms with Crippen LogP contribution in [-0.4, -0.2) is 64.7 Å². The van der Waals surface area contributed by atoms with Gasteiger partial charge in [0.25, 0.3) is 0 Å². The summed E-state index contributed by atoms with van der Waals surface area (Å²) in [5.41, 5.74) is 0.401. The first kappa shape index (κ1) is 19.1. The highest BCUT2D eigenvalue weighted by molar-refractivity contribution is 7.95. The maximum Gasteiger partial charge on any atom is 0.0994 e. The van der Waals surface area contributed by atoms with Crippen LogP contribution in [0.1, 0.15) is 20.8 Å². The van der Waals surface area contributed by atoms with E-state index >= 15 is 0 Å². The van der Waals surface area contributed by atoms with Gasteiger partial charge in [0.1, 0.15) is 0 Å². The van der Waals surface area contributed by atoms with Crippen molar-refractivity contribution in [2.45, 2.75) is 47.0 Å². The Morgan fingerprint density at radius 3 is 1.65 bits per heavy atom. The van der Waals surface area contributed by atoms with E-state index < -0.39 is 29.9 Å². The van der Waals surface area contributed by atoms with Crippen LogP contribution in [0, 0.1) is 5.41 Å². The van der Waals surface area contributed by atoms with Crippen molar-refractivity contribution in [3.05, 3.63) is 0 Å². The molecule has 0 amide bonds. The molecule has 0 spiro atoms. The molecule has 0 fully saturated rings. The Morgan fingerprint density at radius 2 is 1.35 bits per heavy atom. The minimum atomic E-state index is -1.40. The summed E-state index contributed by atoms with van der Waals surface area (Å²) in [6.45, 7) is 29.5. The third kappa shape index (κ3) is 3.34. The van der Waals surface area contributed by atoms with Crippen molar-refractivity contribution in [2.75, 3.05) is 39.1 Å². The Hall–Kier alpha value is 1.03. The number of hydrogen-bond acceptors (Lipinski definition) is 0. The van der Waals surface area contributed by atoms with Gasteiger partial charge in [-0.15, -0.1) is 13.8 Å². The fourth-order valence-electron chi connectivity index (χ4n) is 6.45. The maximum absolute atomic E-state index is 2.70. The smallest absolute Gasteiger partial charge is 0.0994 e. The molecule has 20 heavy (non-hydrogen) atoms. The van der Waals surface area contributed by atoms with Gasteiger partial charge < -0.3 is 0 Å². The number of hydrogen-bond donors (Lipinski definition) is 0. The second-order valence-corrected chi connectivity index (χ2v) is 30.1. The molecule has 1 rings (SSSR count). The molecule has 0 aromatic rings. The van der Waals surface area contributed by atoms with E-state index in [0.29, 0.717) is 5.41 Å². The van der Waals surface area contributed by atoms with Crippen molar-refractivity contribution in [2.24, 2.45) is 5.41 Å². The average molecular weight is 349 g/mol. The highest BCUT2D eigenvalue weighted by Gasteiger charge is 2.51. The van der Waals surface area contributed by atoms with Crippen LogP contribution in [0.5, 0.6) is 0 Å². The van der Waals surface area contributed by atoms with Gasteiger partial charge in [0.05, 0.1) is 16.1 Å².